The summed E-state index contributed by atoms with van der Waals surface area (Å²) in [4.78, 5) is 54.0. The number of rotatable bonds is 8. The number of aliphatic hydroxyl groups is 3. The number of hydrogen-bond acceptors (Lipinski definition) is 15. The number of ether oxygens (including phenoxy) is 8. The second kappa shape index (κ2) is 19.7. The van der Waals surface area contributed by atoms with Gasteiger partial charge in [-0.3, -0.25) is 4.79 Å². The standard InChI is InChI=1S/C50H63BrO16/c1-24-23-50-29(20-31(24)45(55)56)13-10-8-7-9-12-28-16-17-30-32(49(28,5)48(59)66-43(44(50)54)47(58)67-50)14-11-15-35(30)63-38-21-34(52)42(27(4)62-38)65-39-22-37(41(53)26(3)61-39)64-46(57)40-25(2)33(51)18-19-36(40)60-6/h10,13,16-20,24,26-30,32,34-35,37-39,41-42,52-54H,7-9,11-12,14-15,21-23H2,1-6H3,(H,55,56)/b13-10+/t24-,26-,27-,28-,29-,30+,32-,34-,35+,37-,38+,39+,41-,42-,49-,50+/m1/s1. The highest BCUT2D eigenvalue weighted by Gasteiger charge is 2.60. The number of carbonyl (C=O) groups is 4. The zero-order valence-corrected chi connectivity index (χ0v) is 40.3. The maximum Gasteiger partial charge on any atom is 0.379 e. The Kier molecular flexibility index (Phi) is 14.5. The molecule has 0 unspecified atom stereocenters. The number of allylic oxidation sites excluding steroid dienone is 2. The fourth-order valence-electron chi connectivity index (χ4n) is 11.7. The van der Waals surface area contributed by atoms with E-state index in [1.165, 1.54) is 13.2 Å². The summed E-state index contributed by atoms with van der Waals surface area (Å²) >= 11 is 3.45. The molecule has 17 heteroatoms. The largest absolute Gasteiger partial charge is 0.505 e. The minimum atomic E-state index is -1.62. The maximum atomic E-state index is 14.8. The third-order valence-electron chi connectivity index (χ3n) is 15.5. The van der Waals surface area contributed by atoms with Crippen LogP contribution in [0.25, 0.3) is 0 Å². The first kappa shape index (κ1) is 49.3. The maximum absolute atomic E-state index is 14.8. The van der Waals surface area contributed by atoms with Crippen LogP contribution < -0.4 is 4.74 Å². The number of hydrogen-bond donors (Lipinski definition) is 4. The first-order chi connectivity index (χ1) is 31.9. The van der Waals surface area contributed by atoms with E-state index in [2.05, 4.69) is 28.1 Å². The summed E-state index contributed by atoms with van der Waals surface area (Å²) in [5.74, 6) is -6.30. The van der Waals surface area contributed by atoms with Gasteiger partial charge in [-0.15, -0.1) is 0 Å². The molecule has 2 bridgehead atoms. The lowest BCUT2D eigenvalue weighted by Gasteiger charge is -2.51. The molecule has 4 heterocycles. The molecule has 2 saturated heterocycles. The van der Waals surface area contributed by atoms with Crippen molar-refractivity contribution in [2.45, 2.75) is 160 Å². The van der Waals surface area contributed by atoms with Crippen molar-refractivity contribution >= 4 is 39.8 Å². The van der Waals surface area contributed by atoms with Gasteiger partial charge in [-0.25, -0.2) is 14.4 Å². The Morgan fingerprint density at radius 3 is 2.39 bits per heavy atom. The predicted octanol–water partition coefficient (Wildman–Crippen LogP) is 7.07. The predicted molar refractivity (Wildman–Crippen MR) is 241 cm³/mol. The Bertz CT molecular complexity index is 2210. The molecule has 67 heavy (non-hydrogen) atoms. The summed E-state index contributed by atoms with van der Waals surface area (Å²) in [5, 5.41) is 44.3. The topological polar surface area (TPSA) is 223 Å². The van der Waals surface area contributed by atoms with Crippen molar-refractivity contribution in [1.29, 1.82) is 0 Å². The van der Waals surface area contributed by atoms with Gasteiger partial charge in [0, 0.05) is 41.1 Å². The van der Waals surface area contributed by atoms with E-state index in [-0.39, 0.29) is 48.2 Å². The SMILES string of the molecule is COc1ccc(Br)c(C)c1C(=O)O[C@@H]1C[C@H](O[C@H]2[C@H](O)C[C@H](O[C@H]3CCC[C@@H]4[C@@H]3C=C[C@H]3CCCC/C=C/[C@@H]5C=C(C(=O)O)[C@H](C)C[C@]56OC(=O)C(=C6O)OC(=O)[C@@]43C)O[C@@H]2C)O[C@H](C)[C@H]1O. The van der Waals surface area contributed by atoms with E-state index in [4.69, 9.17) is 37.9 Å². The van der Waals surface area contributed by atoms with E-state index in [1.807, 2.05) is 13.0 Å². The molecule has 0 aromatic heterocycles. The lowest BCUT2D eigenvalue weighted by Crippen LogP contribution is -2.56. The van der Waals surface area contributed by atoms with Crippen molar-refractivity contribution in [2.24, 2.45) is 35.0 Å². The molecule has 366 valence electrons. The van der Waals surface area contributed by atoms with Crippen LogP contribution >= 0.6 is 15.9 Å². The van der Waals surface area contributed by atoms with E-state index in [0.717, 1.165) is 19.3 Å². The van der Waals surface area contributed by atoms with Gasteiger partial charge in [0.25, 0.3) is 5.76 Å². The van der Waals surface area contributed by atoms with E-state index in [0.29, 0.717) is 41.5 Å². The highest BCUT2D eigenvalue weighted by Crippen LogP contribution is 2.55. The highest BCUT2D eigenvalue weighted by atomic mass is 79.9. The molecule has 1 aromatic carbocycles. The van der Waals surface area contributed by atoms with Crippen LogP contribution in [0, 0.1) is 41.9 Å². The quantitative estimate of drug-likeness (QED) is 0.116. The second-order valence-electron chi connectivity index (χ2n) is 19.5. The van der Waals surface area contributed by atoms with Crippen molar-refractivity contribution in [2.75, 3.05) is 7.11 Å². The number of carboxylic acid groups (broad SMARTS) is 1. The van der Waals surface area contributed by atoms with Crippen molar-refractivity contribution in [3.8, 4) is 5.75 Å². The zero-order chi connectivity index (χ0) is 48.1. The van der Waals surface area contributed by atoms with Gasteiger partial charge in [0.15, 0.2) is 23.9 Å². The molecule has 4 N–H and O–H groups in total. The number of methoxy groups -OCH3 is 1. The molecule has 1 aromatic rings. The van der Waals surface area contributed by atoms with E-state index in [1.54, 1.807) is 45.9 Å². The lowest BCUT2D eigenvalue weighted by atomic mass is 9.55. The molecule has 7 aliphatic rings. The Hall–Kier alpha value is -4.10. The second-order valence-corrected chi connectivity index (χ2v) is 20.4. The van der Waals surface area contributed by atoms with Gasteiger partial charge < -0.3 is 58.3 Å². The molecule has 1 spiro atoms. The van der Waals surface area contributed by atoms with Crippen molar-refractivity contribution < 1.29 is 77.5 Å². The Morgan fingerprint density at radius 2 is 1.66 bits per heavy atom. The van der Waals surface area contributed by atoms with Gasteiger partial charge in [-0.05, 0) is 95.2 Å². The Balaban J connectivity index is 0.952. The van der Waals surface area contributed by atoms with Crippen LogP contribution in [-0.4, -0.2) is 112 Å². The summed E-state index contributed by atoms with van der Waals surface area (Å²) in [6.45, 7) is 8.74. The first-order valence-electron chi connectivity index (χ1n) is 23.6. The van der Waals surface area contributed by atoms with Gasteiger partial charge in [0.05, 0.1) is 36.9 Å². The monoisotopic (exact) mass is 998 g/mol. The molecule has 16 nitrogen and oxygen atoms in total. The number of halogens is 1. The number of carbonyl (C=O) groups excluding carboxylic acids is 3. The molecule has 1 saturated carbocycles. The van der Waals surface area contributed by atoms with Crippen molar-refractivity contribution in [3.05, 3.63) is 75.2 Å². The van der Waals surface area contributed by atoms with Crippen LogP contribution in [0.5, 0.6) is 5.75 Å². The normalized spacial score (nSPS) is 40.5. The number of esters is 3. The Labute approximate surface area is 398 Å². The molecule has 0 radical (unpaired) electrons. The van der Waals surface area contributed by atoms with Crippen LogP contribution in [0.4, 0.5) is 0 Å². The summed E-state index contributed by atoms with van der Waals surface area (Å²) in [6, 6.07) is 3.42. The molecule has 4 aliphatic heterocycles. The molecule has 3 fully saturated rings. The average molecular weight is 1000 g/mol. The number of aliphatic carboxylic acids is 1. The number of carboxylic acids is 1. The lowest BCUT2D eigenvalue weighted by molar-refractivity contribution is -0.318. The number of fused-ring (bicyclic) bond motifs is 3. The van der Waals surface area contributed by atoms with Gasteiger partial charge >= 0.3 is 23.9 Å². The number of aliphatic hydroxyl groups excluding tert-OH is 3. The fraction of sp³-hybridized carbons (Fsp3) is 0.640. The average Bonchev–Trinajstić information content (AvgIpc) is 3.50. The van der Waals surface area contributed by atoms with Crippen LogP contribution in [0.15, 0.2) is 64.1 Å². The van der Waals surface area contributed by atoms with Gasteiger partial charge in [0.2, 0.25) is 0 Å². The van der Waals surface area contributed by atoms with E-state index >= 15 is 0 Å². The summed E-state index contributed by atoms with van der Waals surface area (Å²) in [7, 11) is 1.46. The van der Waals surface area contributed by atoms with Gasteiger partial charge in [-0.1, -0.05) is 66.1 Å². The van der Waals surface area contributed by atoms with Crippen molar-refractivity contribution in [3.63, 3.8) is 0 Å². The third-order valence-corrected chi connectivity index (χ3v) is 16.3. The molecule has 16 atom stereocenters. The van der Waals surface area contributed by atoms with Crippen LogP contribution in [0.1, 0.15) is 108 Å². The van der Waals surface area contributed by atoms with E-state index in [9.17, 15) is 39.6 Å². The van der Waals surface area contributed by atoms with Crippen LogP contribution in [0.2, 0.25) is 0 Å². The first-order valence-corrected chi connectivity index (χ1v) is 24.4. The Morgan fingerprint density at radius 1 is 0.910 bits per heavy atom. The summed E-state index contributed by atoms with van der Waals surface area (Å²) < 4.78 is 49.3. The molecule has 3 aliphatic carbocycles. The van der Waals surface area contributed by atoms with Gasteiger partial charge in [-0.2, -0.15) is 0 Å². The van der Waals surface area contributed by atoms with Gasteiger partial charge in [0.1, 0.15) is 29.6 Å². The third kappa shape index (κ3) is 9.26. The zero-order valence-electron chi connectivity index (χ0n) is 38.8. The minimum Gasteiger partial charge on any atom is -0.505 e. The number of benzene rings is 1. The molecule has 8 rings (SSSR count). The summed E-state index contributed by atoms with van der Waals surface area (Å²) in [6.07, 6.45) is 6.73. The summed E-state index contributed by atoms with van der Waals surface area (Å²) in [5.41, 5.74) is -1.75. The van der Waals surface area contributed by atoms with Crippen molar-refractivity contribution in [1.82, 2.24) is 0 Å². The fourth-order valence-corrected chi connectivity index (χ4v) is 12.0. The molecule has 0 amide bonds. The molecular formula is C50H63BrO16. The molecular weight excluding hydrogens is 936 g/mol. The van der Waals surface area contributed by atoms with E-state index < -0.39 is 114 Å². The smallest absolute Gasteiger partial charge is 0.379 e. The highest BCUT2D eigenvalue weighted by molar-refractivity contribution is 9.10. The minimum absolute atomic E-state index is 0.00628. The van der Waals surface area contributed by atoms with Crippen LogP contribution in [-0.2, 0) is 47.5 Å². The van der Waals surface area contributed by atoms with Crippen LogP contribution in [0.3, 0.4) is 0 Å².